The minimum absolute atomic E-state index is 0.0425. The minimum atomic E-state index is -2.95. The molecule has 2 rings (SSSR count). The summed E-state index contributed by atoms with van der Waals surface area (Å²) in [6, 6.07) is 14.1. The van der Waals surface area contributed by atoms with Crippen molar-refractivity contribution < 1.29 is 13.6 Å². The molecule has 92 valence electrons. The van der Waals surface area contributed by atoms with Gasteiger partial charge in [0.25, 0.3) is 0 Å². The summed E-state index contributed by atoms with van der Waals surface area (Å²) in [4.78, 5) is 11.1. The SMILES string of the molecule is Cc1ccc(-c2ccc(C(=O)C(F)F)cc2)cc1. The molecule has 0 saturated carbocycles. The van der Waals surface area contributed by atoms with Crippen LogP contribution in [0.15, 0.2) is 48.5 Å². The summed E-state index contributed by atoms with van der Waals surface area (Å²) in [5.41, 5.74) is 3.10. The van der Waals surface area contributed by atoms with Crippen LogP contribution < -0.4 is 0 Å². The summed E-state index contributed by atoms with van der Waals surface area (Å²) in [6.45, 7) is 1.99. The molecule has 0 spiro atoms. The lowest BCUT2D eigenvalue weighted by Gasteiger charge is -2.04. The molecule has 0 N–H and O–H groups in total. The lowest BCUT2D eigenvalue weighted by molar-refractivity contribution is 0.0679. The number of rotatable bonds is 3. The molecule has 0 atom stereocenters. The summed E-state index contributed by atoms with van der Waals surface area (Å²) in [7, 11) is 0. The molecule has 0 fully saturated rings. The molecule has 0 amide bonds. The second-order valence-electron chi connectivity index (χ2n) is 4.11. The second kappa shape index (κ2) is 5.08. The third kappa shape index (κ3) is 2.62. The predicted molar refractivity (Wildman–Crippen MR) is 66.9 cm³/mol. The average Bonchev–Trinajstić information content (AvgIpc) is 2.39. The first-order valence-electron chi connectivity index (χ1n) is 5.57. The number of aryl methyl sites for hydroxylation is 1. The van der Waals surface area contributed by atoms with E-state index in [1.807, 2.05) is 31.2 Å². The van der Waals surface area contributed by atoms with Crippen LogP contribution in [0.25, 0.3) is 11.1 Å². The highest BCUT2D eigenvalue weighted by atomic mass is 19.3. The molecule has 0 aliphatic heterocycles. The summed E-state index contributed by atoms with van der Waals surface area (Å²) < 4.78 is 24.5. The first kappa shape index (κ1) is 12.4. The van der Waals surface area contributed by atoms with Crippen LogP contribution >= 0.6 is 0 Å². The van der Waals surface area contributed by atoms with Crippen LogP contribution in [0, 0.1) is 6.92 Å². The van der Waals surface area contributed by atoms with Crippen molar-refractivity contribution in [2.75, 3.05) is 0 Å². The van der Waals surface area contributed by atoms with Crippen LogP contribution in [-0.4, -0.2) is 12.2 Å². The van der Waals surface area contributed by atoms with E-state index in [-0.39, 0.29) is 5.56 Å². The number of hydrogen-bond donors (Lipinski definition) is 0. The van der Waals surface area contributed by atoms with Gasteiger partial charge in [-0.1, -0.05) is 54.1 Å². The van der Waals surface area contributed by atoms with Crippen LogP contribution in [0.3, 0.4) is 0 Å². The third-order valence-electron chi connectivity index (χ3n) is 2.75. The lowest BCUT2D eigenvalue weighted by atomic mass is 10.0. The molecule has 0 radical (unpaired) electrons. The quantitative estimate of drug-likeness (QED) is 0.745. The molecule has 2 aromatic rings. The van der Waals surface area contributed by atoms with Gasteiger partial charge in [0.15, 0.2) is 0 Å². The largest absolute Gasteiger partial charge is 0.300 e. The van der Waals surface area contributed by atoms with Crippen molar-refractivity contribution in [3.63, 3.8) is 0 Å². The molecule has 2 aromatic carbocycles. The minimum Gasteiger partial charge on any atom is -0.288 e. The number of halogens is 2. The summed E-state index contributed by atoms with van der Waals surface area (Å²) in [5, 5.41) is 0. The van der Waals surface area contributed by atoms with E-state index < -0.39 is 12.2 Å². The van der Waals surface area contributed by atoms with Gasteiger partial charge in [0, 0.05) is 5.56 Å². The van der Waals surface area contributed by atoms with Gasteiger partial charge in [-0.3, -0.25) is 4.79 Å². The van der Waals surface area contributed by atoms with E-state index in [2.05, 4.69) is 0 Å². The molecule has 18 heavy (non-hydrogen) atoms. The van der Waals surface area contributed by atoms with Gasteiger partial charge in [0.05, 0.1) is 0 Å². The smallest absolute Gasteiger partial charge is 0.288 e. The van der Waals surface area contributed by atoms with Crippen molar-refractivity contribution in [3.8, 4) is 11.1 Å². The third-order valence-corrected chi connectivity index (χ3v) is 2.75. The summed E-state index contributed by atoms with van der Waals surface area (Å²) >= 11 is 0. The van der Waals surface area contributed by atoms with E-state index in [4.69, 9.17) is 0 Å². The molecular formula is C15H12F2O. The van der Waals surface area contributed by atoms with Gasteiger partial charge in [-0.15, -0.1) is 0 Å². The Morgan fingerprint density at radius 1 is 0.889 bits per heavy atom. The van der Waals surface area contributed by atoms with Crippen molar-refractivity contribution in [2.45, 2.75) is 13.3 Å². The number of ketones is 1. The fourth-order valence-corrected chi connectivity index (χ4v) is 1.70. The van der Waals surface area contributed by atoms with Crippen LogP contribution in [0.1, 0.15) is 15.9 Å². The van der Waals surface area contributed by atoms with E-state index in [9.17, 15) is 13.6 Å². The maximum atomic E-state index is 12.2. The molecule has 0 unspecified atom stereocenters. The van der Waals surface area contributed by atoms with Gasteiger partial charge in [-0.2, -0.15) is 0 Å². The summed E-state index contributed by atoms with van der Waals surface area (Å²) in [5.74, 6) is -1.13. The molecule has 3 heteroatoms. The van der Waals surface area contributed by atoms with Gasteiger partial charge in [0.2, 0.25) is 5.78 Å². The zero-order chi connectivity index (χ0) is 13.1. The fourth-order valence-electron chi connectivity index (χ4n) is 1.70. The Morgan fingerprint density at radius 3 is 1.78 bits per heavy atom. The number of hydrogen-bond acceptors (Lipinski definition) is 1. The molecule has 0 saturated heterocycles. The molecule has 0 heterocycles. The number of benzene rings is 2. The predicted octanol–water partition coefficient (Wildman–Crippen LogP) is 4.11. The molecule has 1 nitrogen and oxygen atoms in total. The summed E-state index contributed by atoms with van der Waals surface area (Å²) in [6.07, 6.45) is -2.95. The monoisotopic (exact) mass is 246 g/mol. The molecular weight excluding hydrogens is 234 g/mol. The van der Waals surface area contributed by atoms with Crippen molar-refractivity contribution in [2.24, 2.45) is 0 Å². The first-order valence-corrected chi connectivity index (χ1v) is 5.57. The van der Waals surface area contributed by atoms with Crippen molar-refractivity contribution in [1.82, 2.24) is 0 Å². The Morgan fingerprint density at radius 2 is 1.33 bits per heavy atom. The Kier molecular flexibility index (Phi) is 3.51. The van der Waals surface area contributed by atoms with E-state index >= 15 is 0 Å². The molecule has 0 aliphatic carbocycles. The topological polar surface area (TPSA) is 17.1 Å². The van der Waals surface area contributed by atoms with E-state index in [0.29, 0.717) is 0 Å². The normalized spacial score (nSPS) is 10.7. The molecule has 0 aliphatic rings. The van der Waals surface area contributed by atoms with Crippen LogP contribution in [-0.2, 0) is 0 Å². The maximum Gasteiger partial charge on any atom is 0.300 e. The van der Waals surface area contributed by atoms with Crippen LogP contribution in [0.2, 0.25) is 0 Å². The number of alkyl halides is 2. The molecule has 0 aromatic heterocycles. The van der Waals surface area contributed by atoms with Gasteiger partial charge in [-0.25, -0.2) is 8.78 Å². The number of carbonyl (C=O) groups excluding carboxylic acids is 1. The first-order chi connectivity index (χ1) is 8.58. The van der Waals surface area contributed by atoms with Crippen molar-refractivity contribution in [3.05, 3.63) is 59.7 Å². The zero-order valence-corrected chi connectivity index (χ0v) is 9.86. The maximum absolute atomic E-state index is 12.2. The van der Waals surface area contributed by atoms with E-state index in [1.54, 1.807) is 12.1 Å². The Hall–Kier alpha value is -2.03. The van der Waals surface area contributed by atoms with Crippen LogP contribution in [0.4, 0.5) is 8.78 Å². The average molecular weight is 246 g/mol. The highest BCUT2D eigenvalue weighted by molar-refractivity contribution is 5.98. The zero-order valence-electron chi connectivity index (χ0n) is 9.86. The Balaban J connectivity index is 2.27. The Bertz CT molecular complexity index is 542. The van der Waals surface area contributed by atoms with Crippen LogP contribution in [0.5, 0.6) is 0 Å². The van der Waals surface area contributed by atoms with Gasteiger partial charge >= 0.3 is 6.43 Å². The van der Waals surface area contributed by atoms with Gasteiger partial charge in [-0.05, 0) is 18.1 Å². The number of carbonyl (C=O) groups is 1. The second-order valence-corrected chi connectivity index (χ2v) is 4.11. The van der Waals surface area contributed by atoms with Gasteiger partial charge in [0.1, 0.15) is 0 Å². The van der Waals surface area contributed by atoms with Gasteiger partial charge < -0.3 is 0 Å². The van der Waals surface area contributed by atoms with E-state index in [0.717, 1.165) is 16.7 Å². The lowest BCUT2D eigenvalue weighted by Crippen LogP contribution is -2.09. The molecule has 0 bridgehead atoms. The highest BCUT2D eigenvalue weighted by Gasteiger charge is 2.17. The number of Topliss-reactive ketones (excluding diaryl/α,β-unsaturated/α-hetero) is 1. The van der Waals surface area contributed by atoms with Crippen molar-refractivity contribution >= 4 is 5.78 Å². The fraction of sp³-hybridized carbons (Fsp3) is 0.133. The Labute approximate surface area is 104 Å². The van der Waals surface area contributed by atoms with Crippen molar-refractivity contribution in [1.29, 1.82) is 0 Å². The standard InChI is InChI=1S/C15H12F2O/c1-10-2-4-11(5-3-10)12-6-8-13(9-7-12)14(18)15(16)17/h2-9,15H,1H3. The van der Waals surface area contributed by atoms with E-state index in [1.165, 1.54) is 12.1 Å². The highest BCUT2D eigenvalue weighted by Crippen LogP contribution is 2.21.